The Bertz CT molecular complexity index is 458. The van der Waals surface area contributed by atoms with Gasteiger partial charge in [0, 0.05) is 19.2 Å². The first-order valence-corrected chi connectivity index (χ1v) is 6.58. The van der Waals surface area contributed by atoms with Crippen molar-refractivity contribution in [1.29, 1.82) is 0 Å². The van der Waals surface area contributed by atoms with Crippen LogP contribution in [0.2, 0.25) is 5.02 Å². The highest BCUT2D eigenvalue weighted by Crippen LogP contribution is 2.47. The molecule has 98 valence electrons. The predicted molar refractivity (Wildman–Crippen MR) is 71.8 cm³/mol. The van der Waals surface area contributed by atoms with E-state index in [0.717, 1.165) is 12.1 Å². The van der Waals surface area contributed by atoms with Gasteiger partial charge in [-0.05, 0) is 36.3 Å². The molecular formula is C13H17ClN2O2. The lowest BCUT2D eigenvalue weighted by atomic mass is 10.0. The zero-order valence-corrected chi connectivity index (χ0v) is 11.2. The minimum absolute atomic E-state index is 0.0207. The molecule has 18 heavy (non-hydrogen) atoms. The summed E-state index contributed by atoms with van der Waals surface area (Å²) in [6, 6.07) is 4.96. The highest BCUT2D eigenvalue weighted by Gasteiger charge is 2.39. The Morgan fingerprint density at radius 3 is 2.78 bits per heavy atom. The smallest absolute Gasteiger partial charge is 0.288 e. The van der Waals surface area contributed by atoms with Crippen molar-refractivity contribution in [3.8, 4) is 0 Å². The van der Waals surface area contributed by atoms with Gasteiger partial charge < -0.3 is 5.32 Å². The lowest BCUT2D eigenvalue weighted by Gasteiger charge is -2.13. The Labute approximate surface area is 111 Å². The summed E-state index contributed by atoms with van der Waals surface area (Å²) < 4.78 is 0. The molecule has 4 nitrogen and oxygen atoms in total. The third kappa shape index (κ3) is 3.00. The van der Waals surface area contributed by atoms with Gasteiger partial charge in [0.1, 0.15) is 5.02 Å². The van der Waals surface area contributed by atoms with Crippen LogP contribution in [0.25, 0.3) is 0 Å². The Hall–Kier alpha value is -1.13. The van der Waals surface area contributed by atoms with Crippen molar-refractivity contribution >= 4 is 17.3 Å². The molecule has 1 aliphatic carbocycles. The number of hydrogen-bond donors (Lipinski definition) is 1. The van der Waals surface area contributed by atoms with Crippen molar-refractivity contribution in [3.05, 3.63) is 38.9 Å². The fraction of sp³-hybridized carbons (Fsp3) is 0.538. The van der Waals surface area contributed by atoms with Crippen LogP contribution in [0, 0.1) is 15.5 Å². The molecule has 0 atom stereocenters. The monoisotopic (exact) mass is 268 g/mol. The van der Waals surface area contributed by atoms with Gasteiger partial charge in [0.15, 0.2) is 0 Å². The number of nitro benzene ring substituents is 1. The fourth-order valence-corrected chi connectivity index (χ4v) is 2.30. The molecule has 1 aliphatic rings. The normalized spacial score (nSPS) is 16.6. The second-order valence-electron chi connectivity index (χ2n) is 5.00. The molecule has 0 saturated heterocycles. The third-order valence-corrected chi connectivity index (χ3v) is 4.06. The van der Waals surface area contributed by atoms with E-state index in [1.54, 1.807) is 12.1 Å². The average Bonchev–Trinajstić information content (AvgIpc) is 3.11. The van der Waals surface area contributed by atoms with Crippen LogP contribution in [0.4, 0.5) is 5.69 Å². The third-order valence-electron chi connectivity index (χ3n) is 3.74. The summed E-state index contributed by atoms with van der Waals surface area (Å²) in [6.07, 6.45) is 3.77. The van der Waals surface area contributed by atoms with E-state index >= 15 is 0 Å². The summed E-state index contributed by atoms with van der Waals surface area (Å²) in [5.41, 5.74) is 1.36. The first-order chi connectivity index (χ1) is 8.56. The van der Waals surface area contributed by atoms with Crippen molar-refractivity contribution in [2.45, 2.75) is 32.7 Å². The maximum absolute atomic E-state index is 10.8. The van der Waals surface area contributed by atoms with E-state index in [0.29, 0.717) is 12.0 Å². The van der Waals surface area contributed by atoms with Gasteiger partial charge in [-0.2, -0.15) is 0 Å². The lowest BCUT2D eigenvalue weighted by molar-refractivity contribution is -0.384. The van der Waals surface area contributed by atoms with Gasteiger partial charge in [0.05, 0.1) is 4.92 Å². The SMILES string of the molecule is CCC1(CNCc2ccc(Cl)c([N+](=O)[O-])c2)CC1. The van der Waals surface area contributed by atoms with Gasteiger partial charge in [-0.15, -0.1) is 0 Å². The molecule has 1 saturated carbocycles. The number of benzene rings is 1. The number of nitrogens with zero attached hydrogens (tertiary/aromatic N) is 1. The topological polar surface area (TPSA) is 55.2 Å². The first kappa shape index (κ1) is 13.3. The van der Waals surface area contributed by atoms with E-state index in [1.807, 2.05) is 6.07 Å². The molecule has 0 aliphatic heterocycles. The molecule has 1 N–H and O–H groups in total. The average molecular weight is 269 g/mol. The standard InChI is InChI=1S/C13H17ClN2O2/c1-2-13(5-6-13)9-15-8-10-3-4-11(14)12(7-10)16(17)18/h3-4,7,15H,2,5-6,8-9H2,1H3. The molecule has 1 fully saturated rings. The van der Waals surface area contributed by atoms with Crippen LogP contribution < -0.4 is 5.32 Å². The largest absolute Gasteiger partial charge is 0.312 e. The predicted octanol–water partition coefficient (Wildman–Crippen LogP) is 3.53. The molecule has 5 heteroatoms. The summed E-state index contributed by atoms with van der Waals surface area (Å²) in [5, 5.41) is 14.3. The number of hydrogen-bond acceptors (Lipinski definition) is 3. The van der Waals surface area contributed by atoms with Gasteiger partial charge in [0.25, 0.3) is 5.69 Å². The van der Waals surface area contributed by atoms with Crippen molar-refractivity contribution in [1.82, 2.24) is 5.32 Å². The number of halogens is 1. The first-order valence-electron chi connectivity index (χ1n) is 6.20. The molecule has 0 heterocycles. The molecule has 1 aromatic rings. The minimum Gasteiger partial charge on any atom is -0.312 e. The van der Waals surface area contributed by atoms with E-state index in [-0.39, 0.29) is 10.7 Å². The van der Waals surface area contributed by atoms with E-state index in [4.69, 9.17) is 11.6 Å². The second kappa shape index (κ2) is 5.24. The Morgan fingerprint density at radius 1 is 1.50 bits per heavy atom. The van der Waals surface area contributed by atoms with E-state index < -0.39 is 4.92 Å². The number of nitro groups is 1. The van der Waals surface area contributed by atoms with E-state index in [2.05, 4.69) is 12.2 Å². The summed E-state index contributed by atoms with van der Waals surface area (Å²) >= 11 is 5.77. The fourth-order valence-electron chi connectivity index (χ4n) is 2.11. The van der Waals surface area contributed by atoms with Crippen molar-refractivity contribution in [3.63, 3.8) is 0 Å². The van der Waals surface area contributed by atoms with Gasteiger partial charge in [-0.3, -0.25) is 10.1 Å². The zero-order valence-electron chi connectivity index (χ0n) is 10.4. The van der Waals surface area contributed by atoms with Crippen molar-refractivity contribution in [2.24, 2.45) is 5.41 Å². The van der Waals surface area contributed by atoms with Crippen LogP contribution in [0.3, 0.4) is 0 Å². The highest BCUT2D eigenvalue weighted by molar-refractivity contribution is 6.32. The Morgan fingerprint density at radius 2 is 2.22 bits per heavy atom. The molecule has 0 spiro atoms. The number of nitrogens with one attached hydrogen (secondary N) is 1. The van der Waals surface area contributed by atoms with Crippen molar-refractivity contribution in [2.75, 3.05) is 6.54 Å². The Kier molecular flexibility index (Phi) is 3.88. The van der Waals surface area contributed by atoms with Gasteiger partial charge in [0.2, 0.25) is 0 Å². The molecule has 0 unspecified atom stereocenters. The molecular weight excluding hydrogens is 252 g/mol. The van der Waals surface area contributed by atoms with Crippen molar-refractivity contribution < 1.29 is 4.92 Å². The highest BCUT2D eigenvalue weighted by atomic mass is 35.5. The molecule has 0 bridgehead atoms. The van der Waals surface area contributed by atoms with Crippen LogP contribution in [0.15, 0.2) is 18.2 Å². The van der Waals surface area contributed by atoms with Crippen LogP contribution in [-0.4, -0.2) is 11.5 Å². The van der Waals surface area contributed by atoms with Crippen LogP contribution in [-0.2, 0) is 6.54 Å². The molecule has 0 amide bonds. The summed E-state index contributed by atoms with van der Waals surface area (Å²) in [7, 11) is 0. The molecule has 0 radical (unpaired) electrons. The maximum atomic E-state index is 10.8. The van der Waals surface area contributed by atoms with Crippen LogP contribution in [0.5, 0.6) is 0 Å². The number of rotatable bonds is 6. The summed E-state index contributed by atoms with van der Waals surface area (Å²) in [4.78, 5) is 10.3. The van der Waals surface area contributed by atoms with Gasteiger partial charge >= 0.3 is 0 Å². The van der Waals surface area contributed by atoms with Crippen LogP contribution in [0.1, 0.15) is 31.7 Å². The quantitative estimate of drug-likeness (QED) is 0.634. The molecule has 0 aromatic heterocycles. The second-order valence-corrected chi connectivity index (χ2v) is 5.41. The van der Waals surface area contributed by atoms with E-state index in [1.165, 1.54) is 19.3 Å². The lowest BCUT2D eigenvalue weighted by Crippen LogP contribution is -2.23. The van der Waals surface area contributed by atoms with Gasteiger partial charge in [-0.25, -0.2) is 0 Å². The minimum atomic E-state index is -0.444. The molecule has 2 rings (SSSR count). The van der Waals surface area contributed by atoms with Gasteiger partial charge in [-0.1, -0.05) is 24.6 Å². The zero-order chi connectivity index (χ0) is 13.2. The summed E-state index contributed by atoms with van der Waals surface area (Å²) in [6.45, 7) is 3.85. The Balaban J connectivity index is 1.93. The summed E-state index contributed by atoms with van der Waals surface area (Å²) in [5.74, 6) is 0. The van der Waals surface area contributed by atoms with E-state index in [9.17, 15) is 10.1 Å². The maximum Gasteiger partial charge on any atom is 0.288 e. The van der Waals surface area contributed by atoms with Crippen LogP contribution >= 0.6 is 11.6 Å². The molecule has 1 aromatic carbocycles.